The maximum Gasteiger partial charge on any atom is 0.306 e. The summed E-state index contributed by atoms with van der Waals surface area (Å²) in [7, 11) is 0. The third-order valence-corrected chi connectivity index (χ3v) is 11.1. The largest absolute Gasteiger partial charge is 0.462 e. The van der Waals surface area contributed by atoms with Crippen LogP contribution in [0.15, 0.2) is 85.1 Å². The molecule has 0 aliphatic carbocycles. The molecule has 4 unspecified atom stereocenters. The van der Waals surface area contributed by atoms with E-state index in [-0.39, 0.29) is 19.4 Å². The summed E-state index contributed by atoms with van der Waals surface area (Å²) in [5.74, 6) is -1.04. The number of allylic oxidation sites excluding steroid dienone is 14. The van der Waals surface area contributed by atoms with Crippen LogP contribution in [0.25, 0.3) is 0 Å². The highest BCUT2D eigenvalue weighted by Crippen LogP contribution is 2.26. The molecule has 11 atom stereocenters. The fraction of sp³-hybridized carbons (Fsp3) is 0.692. The van der Waals surface area contributed by atoms with Crippen LogP contribution in [-0.4, -0.2) is 142 Å². The molecule has 2 rings (SSSR count). The fourth-order valence-corrected chi connectivity index (χ4v) is 7.06. The van der Waals surface area contributed by atoms with Gasteiger partial charge in [0, 0.05) is 12.8 Å². The lowest BCUT2D eigenvalue weighted by molar-refractivity contribution is -0.332. The molecule has 0 bridgehead atoms. The Labute approximate surface area is 399 Å². The quantitative estimate of drug-likeness (QED) is 0.0204. The topological polar surface area (TPSA) is 231 Å². The summed E-state index contributed by atoms with van der Waals surface area (Å²) in [6.45, 7) is 2.33. The van der Waals surface area contributed by atoms with Gasteiger partial charge in [0.25, 0.3) is 0 Å². The van der Waals surface area contributed by atoms with E-state index in [0.29, 0.717) is 12.8 Å². The average molecular weight is 949 g/mol. The van der Waals surface area contributed by atoms with Crippen molar-refractivity contribution in [3.05, 3.63) is 85.1 Å². The van der Waals surface area contributed by atoms with Crippen LogP contribution in [-0.2, 0) is 38.0 Å². The van der Waals surface area contributed by atoms with Crippen molar-refractivity contribution in [2.75, 3.05) is 26.4 Å². The van der Waals surface area contributed by atoms with E-state index in [0.717, 1.165) is 77.0 Å². The molecule has 0 aromatic rings. The van der Waals surface area contributed by atoms with E-state index in [4.69, 9.17) is 28.4 Å². The molecule has 2 aliphatic rings. The van der Waals surface area contributed by atoms with Crippen LogP contribution in [0.1, 0.15) is 136 Å². The highest BCUT2D eigenvalue weighted by Gasteiger charge is 2.47. The highest BCUT2D eigenvalue weighted by atomic mass is 16.7. The highest BCUT2D eigenvalue weighted by molar-refractivity contribution is 5.70. The summed E-state index contributed by atoms with van der Waals surface area (Å²) in [5, 5.41) is 72.0. The van der Waals surface area contributed by atoms with Gasteiger partial charge in [0.15, 0.2) is 18.7 Å². The molecule has 0 aromatic carbocycles. The number of hydrogen-bond acceptors (Lipinski definition) is 15. The van der Waals surface area contributed by atoms with E-state index in [1.54, 1.807) is 0 Å². The van der Waals surface area contributed by atoms with E-state index in [9.17, 15) is 45.3 Å². The molecule has 2 fully saturated rings. The zero-order chi connectivity index (χ0) is 48.9. The van der Waals surface area contributed by atoms with Crippen molar-refractivity contribution in [2.24, 2.45) is 0 Å². The monoisotopic (exact) mass is 949 g/mol. The van der Waals surface area contributed by atoms with Gasteiger partial charge in [-0.1, -0.05) is 131 Å². The van der Waals surface area contributed by atoms with E-state index >= 15 is 0 Å². The molecule has 0 amide bonds. The lowest BCUT2D eigenvalue weighted by Gasteiger charge is -2.42. The minimum Gasteiger partial charge on any atom is -0.462 e. The van der Waals surface area contributed by atoms with Crippen LogP contribution >= 0.6 is 0 Å². The Balaban J connectivity index is 1.85. The smallest absolute Gasteiger partial charge is 0.306 e. The lowest BCUT2D eigenvalue weighted by atomic mass is 9.98. The Kier molecular flexibility index (Phi) is 34.4. The fourth-order valence-electron chi connectivity index (χ4n) is 7.06. The summed E-state index contributed by atoms with van der Waals surface area (Å²) in [5.41, 5.74) is 0. The molecule has 7 N–H and O–H groups in total. The molecule has 15 heteroatoms. The number of unbranched alkanes of at least 4 members (excludes halogenated alkanes) is 8. The molecule has 0 saturated carbocycles. The minimum absolute atomic E-state index is 0.0863. The van der Waals surface area contributed by atoms with Gasteiger partial charge >= 0.3 is 11.9 Å². The summed E-state index contributed by atoms with van der Waals surface area (Å²) in [4.78, 5) is 25.7. The SMILES string of the molecule is CC/C=C/C/C=C/C/C=C/C/C=C/C/C=C/C/C=C/CCC(=O)OC[C@@H](CO[C@@H]1O[C@H](CO[C@@H]2O[C@H](CO)[C@H](O)C(O)C2O)[C@H](O)C(O)C1O)OC(=O)CCCCCCC/C=C/CCCCC. The van der Waals surface area contributed by atoms with Gasteiger partial charge in [-0.3, -0.25) is 9.59 Å². The van der Waals surface area contributed by atoms with Gasteiger partial charge in [0.1, 0.15) is 55.4 Å². The van der Waals surface area contributed by atoms with Crippen LogP contribution in [0, 0.1) is 0 Å². The van der Waals surface area contributed by atoms with Crippen LogP contribution in [0.4, 0.5) is 0 Å². The van der Waals surface area contributed by atoms with Crippen molar-refractivity contribution in [2.45, 2.75) is 203 Å². The average Bonchev–Trinajstić information content (AvgIpc) is 3.32. The van der Waals surface area contributed by atoms with Gasteiger partial charge in [0.05, 0.1) is 19.8 Å². The Bertz CT molecular complexity index is 1490. The third-order valence-electron chi connectivity index (χ3n) is 11.1. The number of ether oxygens (including phenoxy) is 6. The zero-order valence-corrected chi connectivity index (χ0v) is 40.1. The molecule has 0 spiro atoms. The van der Waals surface area contributed by atoms with Crippen LogP contribution in [0.5, 0.6) is 0 Å². The van der Waals surface area contributed by atoms with Gasteiger partial charge in [-0.15, -0.1) is 0 Å². The molecule has 2 heterocycles. The van der Waals surface area contributed by atoms with Crippen molar-refractivity contribution < 1.29 is 73.8 Å². The first-order valence-corrected chi connectivity index (χ1v) is 24.7. The summed E-state index contributed by atoms with van der Waals surface area (Å²) < 4.78 is 33.4. The molecule has 2 saturated heterocycles. The molecule has 2 aliphatic heterocycles. The molecule has 382 valence electrons. The van der Waals surface area contributed by atoms with E-state index in [1.165, 1.54) is 19.3 Å². The van der Waals surface area contributed by atoms with E-state index < -0.39 is 99.3 Å². The maximum absolute atomic E-state index is 13.0. The van der Waals surface area contributed by atoms with E-state index in [2.05, 4.69) is 86.8 Å². The van der Waals surface area contributed by atoms with E-state index in [1.807, 2.05) is 12.2 Å². The molecule has 15 nitrogen and oxygen atoms in total. The number of esters is 2. The molecular formula is C52H84O15. The second kappa shape index (κ2) is 38.5. The summed E-state index contributed by atoms with van der Waals surface area (Å²) in [6.07, 6.45) is 29.2. The predicted molar refractivity (Wildman–Crippen MR) is 256 cm³/mol. The number of carbonyl (C=O) groups is 2. The second-order valence-corrected chi connectivity index (χ2v) is 16.9. The first kappa shape index (κ1) is 59.8. The zero-order valence-electron chi connectivity index (χ0n) is 40.1. The van der Waals surface area contributed by atoms with Gasteiger partial charge < -0.3 is 64.2 Å². The van der Waals surface area contributed by atoms with Crippen molar-refractivity contribution in [1.29, 1.82) is 0 Å². The normalized spacial score (nSPS) is 26.7. The van der Waals surface area contributed by atoms with Crippen molar-refractivity contribution >= 4 is 11.9 Å². The Hall–Kier alpha value is -3.32. The summed E-state index contributed by atoms with van der Waals surface area (Å²) >= 11 is 0. The molecule has 0 radical (unpaired) electrons. The van der Waals surface area contributed by atoms with Gasteiger partial charge in [0.2, 0.25) is 0 Å². The van der Waals surface area contributed by atoms with Crippen LogP contribution in [0.3, 0.4) is 0 Å². The second-order valence-electron chi connectivity index (χ2n) is 16.9. The standard InChI is InChI=1S/C52H84O15/c1-3-5-7-9-11-13-15-17-18-19-20-21-22-23-25-26-28-30-32-34-43(54)62-37-40(65-44(55)35-33-31-29-27-24-16-14-12-10-8-6-4-2)38-63-51-50(61)48(59)46(57)42(67-51)39-64-52-49(60)47(58)45(56)41(36-53)66-52/h5,7,11-14,17-18,20-21,23,25,28,30,40-42,45-53,56-61H,3-4,6,8-10,15-16,19,22,24,26-27,29,31-39H2,1-2H3/b7-5+,13-11+,14-12+,18-17+,21-20+,25-23+,30-28+/t40-,41+,42+,45-,46-,47?,48?,49?,50?,51+,52+/m0/s1. The lowest BCUT2D eigenvalue weighted by Crippen LogP contribution is -2.61. The molecular weight excluding hydrogens is 865 g/mol. The first-order chi connectivity index (χ1) is 32.5. The predicted octanol–water partition coefficient (Wildman–Crippen LogP) is 6.43. The molecule has 0 aromatic heterocycles. The van der Waals surface area contributed by atoms with Crippen LogP contribution in [0.2, 0.25) is 0 Å². The van der Waals surface area contributed by atoms with Gasteiger partial charge in [-0.25, -0.2) is 0 Å². The number of carbonyl (C=O) groups excluding carboxylic acids is 2. The van der Waals surface area contributed by atoms with Crippen molar-refractivity contribution in [1.82, 2.24) is 0 Å². The van der Waals surface area contributed by atoms with Crippen LogP contribution < -0.4 is 0 Å². The Morgan fingerprint density at radius 1 is 0.493 bits per heavy atom. The van der Waals surface area contributed by atoms with Crippen molar-refractivity contribution in [3.63, 3.8) is 0 Å². The van der Waals surface area contributed by atoms with Gasteiger partial charge in [-0.2, -0.15) is 0 Å². The maximum atomic E-state index is 13.0. The number of aliphatic hydroxyl groups excluding tert-OH is 7. The minimum atomic E-state index is -1.78. The number of hydrogen-bond donors (Lipinski definition) is 7. The Morgan fingerprint density at radius 3 is 1.54 bits per heavy atom. The number of rotatable bonds is 36. The number of aliphatic hydroxyl groups is 7. The molecule has 67 heavy (non-hydrogen) atoms. The van der Waals surface area contributed by atoms with Crippen molar-refractivity contribution in [3.8, 4) is 0 Å². The Morgan fingerprint density at radius 2 is 0.970 bits per heavy atom. The first-order valence-electron chi connectivity index (χ1n) is 24.7. The summed E-state index contributed by atoms with van der Waals surface area (Å²) in [6, 6.07) is 0. The van der Waals surface area contributed by atoms with Gasteiger partial charge in [-0.05, 0) is 77.0 Å². The third kappa shape index (κ3) is 26.9.